The third kappa shape index (κ3) is 5.14. The largest absolute Gasteiger partial charge is 0.310 e. The lowest BCUT2D eigenvalue weighted by atomic mass is 10.0. The van der Waals surface area contributed by atoms with Crippen LogP contribution >= 0.6 is 34.3 Å². The molecule has 0 unspecified atom stereocenters. The highest BCUT2D eigenvalue weighted by molar-refractivity contribution is 7.26. The minimum absolute atomic E-state index is 0.718. The van der Waals surface area contributed by atoms with Crippen LogP contribution in [0.15, 0.2) is 176 Å². The molecular formula is C46H29ClN2S2. The zero-order chi connectivity index (χ0) is 33.9. The zero-order valence-electron chi connectivity index (χ0n) is 27.3. The van der Waals surface area contributed by atoms with Gasteiger partial charge in [-0.25, -0.2) is 0 Å². The maximum Gasteiger partial charge on any atom is 0.0640 e. The maximum atomic E-state index is 6.92. The van der Waals surface area contributed by atoms with E-state index in [0.717, 1.165) is 38.2 Å². The van der Waals surface area contributed by atoms with Crippen LogP contribution < -0.4 is 9.80 Å². The average Bonchev–Trinajstić information content (AvgIpc) is 3.74. The monoisotopic (exact) mass is 708 g/mol. The van der Waals surface area contributed by atoms with Gasteiger partial charge in [0.1, 0.15) is 0 Å². The fraction of sp³-hybridized carbons (Fsp3) is 0. The number of hydrogen-bond donors (Lipinski definition) is 0. The van der Waals surface area contributed by atoms with Crippen molar-refractivity contribution in [1.29, 1.82) is 0 Å². The molecule has 0 aliphatic heterocycles. The minimum atomic E-state index is 0.718. The minimum Gasteiger partial charge on any atom is -0.310 e. The lowest BCUT2D eigenvalue weighted by molar-refractivity contribution is 1.30. The molecule has 0 saturated heterocycles. The van der Waals surface area contributed by atoms with Gasteiger partial charge < -0.3 is 9.80 Å². The Bertz CT molecular complexity index is 2860. The van der Waals surface area contributed by atoms with Crippen LogP contribution in [0.2, 0.25) is 5.02 Å². The van der Waals surface area contributed by atoms with E-state index >= 15 is 0 Å². The van der Waals surface area contributed by atoms with Crippen LogP contribution in [-0.2, 0) is 0 Å². The van der Waals surface area contributed by atoms with Gasteiger partial charge in [0, 0.05) is 63.4 Å². The lowest BCUT2D eigenvalue weighted by Gasteiger charge is -2.27. The summed E-state index contributed by atoms with van der Waals surface area (Å²) < 4.78 is 4.94. The van der Waals surface area contributed by atoms with Crippen LogP contribution in [0.3, 0.4) is 0 Å². The molecule has 5 heteroatoms. The topological polar surface area (TPSA) is 6.48 Å². The molecule has 51 heavy (non-hydrogen) atoms. The van der Waals surface area contributed by atoms with Gasteiger partial charge in [-0.05, 0) is 89.6 Å². The van der Waals surface area contributed by atoms with E-state index in [1.165, 1.54) is 52.1 Å². The molecule has 242 valence electrons. The summed E-state index contributed by atoms with van der Waals surface area (Å²) in [6.45, 7) is 0. The Morgan fingerprint density at radius 2 is 1.00 bits per heavy atom. The molecule has 0 amide bonds. The van der Waals surface area contributed by atoms with E-state index in [4.69, 9.17) is 11.6 Å². The first kappa shape index (κ1) is 30.2. The molecule has 2 nitrogen and oxygen atoms in total. The van der Waals surface area contributed by atoms with Gasteiger partial charge >= 0.3 is 0 Å². The Labute approximate surface area is 308 Å². The Morgan fingerprint density at radius 1 is 0.373 bits per heavy atom. The number of rotatable bonds is 6. The second-order valence-corrected chi connectivity index (χ2v) is 15.3. The number of nitrogens with zero attached hydrogens (tertiary/aromatic N) is 2. The Balaban J connectivity index is 1.25. The van der Waals surface area contributed by atoms with E-state index in [1.807, 2.05) is 11.3 Å². The number of hydrogen-bond acceptors (Lipinski definition) is 4. The first-order valence-corrected chi connectivity index (χ1v) is 19.0. The first-order chi connectivity index (χ1) is 25.2. The van der Waals surface area contributed by atoms with Crippen molar-refractivity contribution in [1.82, 2.24) is 0 Å². The molecule has 8 aromatic carbocycles. The molecule has 0 aliphatic carbocycles. The number of benzene rings is 8. The third-order valence-corrected chi connectivity index (χ3v) is 12.2. The van der Waals surface area contributed by atoms with Crippen LogP contribution in [0, 0.1) is 0 Å². The van der Waals surface area contributed by atoms with Crippen molar-refractivity contribution in [3.8, 4) is 0 Å². The Hall–Kier alpha value is -5.65. The number of thiophene rings is 2. The van der Waals surface area contributed by atoms with Gasteiger partial charge in [-0.15, -0.1) is 22.7 Å². The highest BCUT2D eigenvalue weighted by atomic mass is 35.5. The molecular weight excluding hydrogens is 680 g/mol. The predicted molar refractivity (Wildman–Crippen MR) is 224 cm³/mol. The molecule has 2 aromatic heterocycles. The molecule has 0 N–H and O–H groups in total. The SMILES string of the molecule is Clc1cc(N(c2ccccc2)c2ccccc2)c2c(c1)sc1ccc(N(c3ccc4ccccc4c3)c3cccc4c3sc3ccccc34)cc12. The fourth-order valence-electron chi connectivity index (χ4n) is 7.39. The van der Waals surface area contributed by atoms with Crippen molar-refractivity contribution < 1.29 is 0 Å². The van der Waals surface area contributed by atoms with Crippen LogP contribution in [0.25, 0.3) is 51.1 Å². The summed E-state index contributed by atoms with van der Waals surface area (Å²) in [4.78, 5) is 4.76. The number of fused-ring (bicyclic) bond motifs is 7. The summed E-state index contributed by atoms with van der Waals surface area (Å²) in [6.07, 6.45) is 0. The van der Waals surface area contributed by atoms with Gasteiger partial charge in [0.15, 0.2) is 0 Å². The van der Waals surface area contributed by atoms with Gasteiger partial charge in [-0.3, -0.25) is 0 Å². The lowest BCUT2D eigenvalue weighted by Crippen LogP contribution is -2.10. The van der Waals surface area contributed by atoms with Crippen molar-refractivity contribution in [3.63, 3.8) is 0 Å². The average molecular weight is 709 g/mol. The molecule has 10 aromatic rings. The van der Waals surface area contributed by atoms with Gasteiger partial charge in [-0.1, -0.05) is 109 Å². The Kier molecular flexibility index (Phi) is 7.28. The normalized spacial score (nSPS) is 11.6. The fourth-order valence-corrected chi connectivity index (χ4v) is 10.0. The second kappa shape index (κ2) is 12.3. The molecule has 0 saturated carbocycles. The molecule has 0 bridgehead atoms. The third-order valence-electron chi connectivity index (χ3n) is 9.64. The molecule has 0 aliphatic rings. The van der Waals surface area contributed by atoms with Crippen LogP contribution in [0.5, 0.6) is 0 Å². The van der Waals surface area contributed by atoms with Gasteiger partial charge in [0.2, 0.25) is 0 Å². The summed E-state index contributed by atoms with van der Waals surface area (Å²) in [6, 6.07) is 63.1. The highest BCUT2D eigenvalue weighted by Gasteiger charge is 2.22. The maximum absolute atomic E-state index is 6.92. The van der Waals surface area contributed by atoms with Gasteiger partial charge in [0.05, 0.1) is 16.1 Å². The second-order valence-electron chi connectivity index (χ2n) is 12.7. The van der Waals surface area contributed by atoms with Gasteiger partial charge in [0.25, 0.3) is 0 Å². The molecule has 0 atom stereocenters. The van der Waals surface area contributed by atoms with Crippen molar-refractivity contribution in [2.75, 3.05) is 9.80 Å². The number of para-hydroxylation sites is 2. The Morgan fingerprint density at radius 3 is 1.80 bits per heavy atom. The highest BCUT2D eigenvalue weighted by Crippen LogP contribution is 2.49. The molecule has 0 radical (unpaired) electrons. The summed E-state index contributed by atoms with van der Waals surface area (Å²) in [5, 5.41) is 8.11. The van der Waals surface area contributed by atoms with E-state index < -0.39 is 0 Å². The molecule has 2 heterocycles. The quantitative estimate of drug-likeness (QED) is 0.170. The molecule has 0 spiro atoms. The first-order valence-electron chi connectivity index (χ1n) is 16.9. The van der Waals surface area contributed by atoms with Crippen molar-refractivity contribution >= 4 is 120 Å². The van der Waals surface area contributed by atoms with E-state index in [-0.39, 0.29) is 0 Å². The van der Waals surface area contributed by atoms with Gasteiger partial charge in [-0.2, -0.15) is 0 Å². The summed E-state index contributed by atoms with van der Waals surface area (Å²) in [7, 11) is 0. The number of anilines is 6. The smallest absolute Gasteiger partial charge is 0.0640 e. The summed E-state index contributed by atoms with van der Waals surface area (Å²) in [5.41, 5.74) is 6.61. The van der Waals surface area contributed by atoms with Crippen LogP contribution in [0.4, 0.5) is 34.1 Å². The predicted octanol–water partition coefficient (Wildman–Crippen LogP) is 15.2. The molecule has 10 rings (SSSR count). The summed E-state index contributed by atoms with van der Waals surface area (Å²) >= 11 is 10.6. The van der Waals surface area contributed by atoms with E-state index in [9.17, 15) is 0 Å². The summed E-state index contributed by atoms with van der Waals surface area (Å²) in [5.74, 6) is 0. The molecule has 0 fully saturated rings. The standard InChI is InChI=1S/C46H29ClN2S2/c47-32-27-41(48(33-14-3-1-4-15-33)34-16-5-2-6-17-34)45-39-29-36(24-25-43(39)50-44(45)28-32)49(35-23-22-30-12-7-8-13-31(30)26-35)40-20-11-19-38-37-18-9-10-21-42(37)51-46(38)40/h1-29H. The van der Waals surface area contributed by atoms with E-state index in [1.54, 1.807) is 11.3 Å². The van der Waals surface area contributed by atoms with Crippen LogP contribution in [0.1, 0.15) is 0 Å². The van der Waals surface area contributed by atoms with Crippen molar-refractivity contribution in [2.24, 2.45) is 0 Å². The number of halogens is 1. The van der Waals surface area contributed by atoms with Crippen molar-refractivity contribution in [2.45, 2.75) is 0 Å². The zero-order valence-corrected chi connectivity index (χ0v) is 29.7. The van der Waals surface area contributed by atoms with Crippen LogP contribution in [-0.4, -0.2) is 0 Å². The van der Waals surface area contributed by atoms with E-state index in [0.29, 0.717) is 0 Å². The van der Waals surface area contributed by atoms with E-state index in [2.05, 4.69) is 186 Å². The van der Waals surface area contributed by atoms with Crippen molar-refractivity contribution in [3.05, 3.63) is 181 Å².